The molecule has 0 saturated heterocycles. The van der Waals surface area contributed by atoms with E-state index in [-0.39, 0.29) is 12.0 Å². The molecular weight excluding hydrogens is 697 g/mol. The maximum Gasteiger partial charge on any atom is 0.213 e. The zero-order chi connectivity index (χ0) is 38.1. The molecule has 9 nitrogen and oxygen atoms in total. The van der Waals surface area contributed by atoms with E-state index >= 15 is 0 Å². The van der Waals surface area contributed by atoms with Crippen molar-refractivity contribution in [1.29, 1.82) is 0 Å². The van der Waals surface area contributed by atoms with E-state index in [2.05, 4.69) is 53.5 Å². The van der Waals surface area contributed by atoms with Crippen molar-refractivity contribution in [2.45, 2.75) is 25.5 Å². The number of hydrogen-bond acceptors (Lipinski definition) is 8. The second-order valence-corrected chi connectivity index (χ2v) is 13.6. The van der Waals surface area contributed by atoms with Gasteiger partial charge in [0.1, 0.15) is 23.4 Å². The molecule has 272 valence electrons. The van der Waals surface area contributed by atoms with E-state index in [0.29, 0.717) is 44.7 Å². The fourth-order valence-corrected chi connectivity index (χ4v) is 7.66. The number of ether oxygens (including phenoxy) is 2. The zero-order valence-corrected chi connectivity index (χ0v) is 30.8. The molecule has 9 heteroatoms. The Hall–Kier alpha value is -7.26. The van der Waals surface area contributed by atoms with Gasteiger partial charge in [-0.05, 0) is 68.1 Å². The highest BCUT2D eigenvalue weighted by atomic mass is 16.5. The highest BCUT2D eigenvalue weighted by Crippen LogP contribution is 2.43. The molecule has 0 N–H and O–H groups in total. The first-order valence-electron chi connectivity index (χ1n) is 18.5. The number of methoxy groups -OCH3 is 1. The molecular formula is C47H36N6O3. The summed E-state index contributed by atoms with van der Waals surface area (Å²) in [6.45, 7) is 2.25. The summed E-state index contributed by atoms with van der Waals surface area (Å²) in [5.41, 5.74) is 5.60. The molecule has 0 unspecified atom stereocenters. The van der Waals surface area contributed by atoms with Crippen LogP contribution < -0.4 is 14.9 Å². The largest absolute Gasteiger partial charge is 0.486 e. The van der Waals surface area contributed by atoms with Crippen LogP contribution in [0.1, 0.15) is 34.9 Å². The number of aryl methyl sites for hydroxylation is 1. The topological polar surface area (TPSA) is 105 Å². The Morgan fingerprint density at radius 3 is 1.98 bits per heavy atom. The van der Waals surface area contributed by atoms with Gasteiger partial charge in [0.15, 0.2) is 11.3 Å². The lowest BCUT2D eigenvalue weighted by molar-refractivity contribution is 0.308. The molecule has 0 fully saturated rings. The predicted octanol–water partition coefficient (Wildman–Crippen LogP) is 8.94. The number of benzene rings is 5. The van der Waals surface area contributed by atoms with Crippen LogP contribution in [0.25, 0.3) is 44.0 Å². The first-order valence-corrected chi connectivity index (χ1v) is 18.5. The van der Waals surface area contributed by atoms with Gasteiger partial charge in [-0.3, -0.25) is 9.78 Å². The number of rotatable bonds is 10. The van der Waals surface area contributed by atoms with Crippen LogP contribution in [0.2, 0.25) is 0 Å². The minimum Gasteiger partial charge on any atom is -0.486 e. The van der Waals surface area contributed by atoms with Crippen molar-refractivity contribution < 1.29 is 9.47 Å². The van der Waals surface area contributed by atoms with Gasteiger partial charge in [-0.2, -0.15) is 0 Å². The number of hydrogen-bond donors (Lipinski definition) is 0. The van der Waals surface area contributed by atoms with Gasteiger partial charge >= 0.3 is 0 Å². The Bertz CT molecular complexity index is 2820. The average molecular weight is 733 g/mol. The molecule has 0 bridgehead atoms. The highest BCUT2D eigenvalue weighted by molar-refractivity contribution is 6.02. The lowest BCUT2D eigenvalue weighted by Gasteiger charge is -2.36. The Kier molecular flexibility index (Phi) is 8.95. The highest BCUT2D eigenvalue weighted by Gasteiger charge is 2.42. The van der Waals surface area contributed by atoms with Crippen LogP contribution in [0.4, 0.5) is 0 Å². The molecule has 0 saturated carbocycles. The Labute approximate surface area is 322 Å². The zero-order valence-electron chi connectivity index (χ0n) is 30.8. The maximum absolute atomic E-state index is 14.6. The van der Waals surface area contributed by atoms with Crippen LogP contribution in [0.3, 0.4) is 0 Å². The Balaban J connectivity index is 1.26. The molecule has 3 heterocycles. The van der Waals surface area contributed by atoms with Crippen molar-refractivity contribution >= 4 is 32.6 Å². The summed E-state index contributed by atoms with van der Waals surface area (Å²) in [5, 5.41) is 16.5. The van der Waals surface area contributed by atoms with Crippen LogP contribution >= 0.6 is 0 Å². The SMILES string of the molecule is CCc1cc(OCc2ccc3c(-c4nnnn4C(c4ccccc4)(c4ccccc4)c4ccccc4)cc4ccccc4c(=O)c3c2)c2nc(OC)ccc2n1. The Morgan fingerprint density at radius 2 is 1.32 bits per heavy atom. The molecule has 0 aliphatic carbocycles. The smallest absolute Gasteiger partial charge is 0.213 e. The molecule has 0 aliphatic rings. The van der Waals surface area contributed by atoms with E-state index in [1.54, 1.807) is 13.2 Å². The van der Waals surface area contributed by atoms with Crippen molar-refractivity contribution in [3.05, 3.63) is 196 Å². The van der Waals surface area contributed by atoms with Gasteiger partial charge in [0.05, 0.1) is 12.6 Å². The summed E-state index contributed by atoms with van der Waals surface area (Å²) in [4.78, 5) is 24.0. The summed E-state index contributed by atoms with van der Waals surface area (Å²) in [6, 6.07) is 52.0. The summed E-state index contributed by atoms with van der Waals surface area (Å²) in [7, 11) is 1.58. The van der Waals surface area contributed by atoms with Crippen molar-refractivity contribution in [3.8, 4) is 23.0 Å². The fraction of sp³-hybridized carbons (Fsp3) is 0.106. The van der Waals surface area contributed by atoms with E-state index < -0.39 is 5.54 Å². The van der Waals surface area contributed by atoms with Gasteiger partial charge in [-0.15, -0.1) is 5.10 Å². The van der Waals surface area contributed by atoms with Gasteiger partial charge < -0.3 is 9.47 Å². The normalized spacial score (nSPS) is 11.6. The molecule has 0 amide bonds. The standard InChI is InChI=1S/C47H36N6O3/c1-3-36-29-42(44-41(48-36)25-26-43(49-44)55-2)56-30-31-23-24-38-39(27-31)45(54)37-22-14-13-15-32(37)28-40(38)46-50-51-52-53(46)47(33-16-7-4-8-17-33,34-18-9-5-10-19-34)35-20-11-6-12-21-35/h4-29H,3,30H2,1-2H3. The van der Waals surface area contributed by atoms with E-state index in [4.69, 9.17) is 24.8 Å². The van der Waals surface area contributed by atoms with Crippen LogP contribution in [-0.2, 0) is 18.6 Å². The van der Waals surface area contributed by atoms with Crippen molar-refractivity contribution in [2.75, 3.05) is 7.11 Å². The third-order valence-electron chi connectivity index (χ3n) is 10.3. The Morgan fingerprint density at radius 1 is 0.661 bits per heavy atom. The van der Waals surface area contributed by atoms with Crippen LogP contribution in [0, 0.1) is 0 Å². The van der Waals surface area contributed by atoms with E-state index in [9.17, 15) is 4.79 Å². The molecule has 0 atom stereocenters. The number of tetrazole rings is 1. The lowest BCUT2D eigenvalue weighted by Crippen LogP contribution is -2.39. The number of nitrogens with zero attached hydrogens (tertiary/aromatic N) is 6. The van der Waals surface area contributed by atoms with Gasteiger partial charge in [0.2, 0.25) is 5.88 Å². The number of pyridine rings is 2. The second-order valence-electron chi connectivity index (χ2n) is 13.6. The van der Waals surface area contributed by atoms with Crippen molar-refractivity contribution in [2.24, 2.45) is 0 Å². The summed E-state index contributed by atoms with van der Waals surface area (Å²) < 4.78 is 13.8. The molecule has 0 aliphatic heterocycles. The van der Waals surface area contributed by atoms with Gasteiger partial charge in [0, 0.05) is 34.2 Å². The summed E-state index contributed by atoms with van der Waals surface area (Å²) in [5.74, 6) is 1.57. The van der Waals surface area contributed by atoms with Gasteiger partial charge in [-0.25, -0.2) is 9.67 Å². The van der Waals surface area contributed by atoms with Crippen molar-refractivity contribution in [3.63, 3.8) is 0 Å². The lowest BCUT2D eigenvalue weighted by atomic mass is 9.77. The summed E-state index contributed by atoms with van der Waals surface area (Å²) in [6.07, 6.45) is 0.736. The van der Waals surface area contributed by atoms with Crippen LogP contribution in [0.5, 0.6) is 11.6 Å². The quantitative estimate of drug-likeness (QED) is 0.128. The van der Waals surface area contributed by atoms with Crippen LogP contribution in [-0.4, -0.2) is 37.3 Å². The van der Waals surface area contributed by atoms with Crippen molar-refractivity contribution in [1.82, 2.24) is 30.2 Å². The third-order valence-corrected chi connectivity index (χ3v) is 10.3. The molecule has 0 radical (unpaired) electrons. The maximum atomic E-state index is 14.6. The molecule has 6 aromatic carbocycles. The first-order chi connectivity index (χ1) is 27.6. The van der Waals surface area contributed by atoms with Crippen LogP contribution in [0.15, 0.2) is 163 Å². The first kappa shape index (κ1) is 34.5. The molecule has 3 aromatic heterocycles. The van der Waals surface area contributed by atoms with E-state index in [0.717, 1.165) is 45.3 Å². The monoisotopic (exact) mass is 732 g/mol. The molecule has 0 spiro atoms. The minimum atomic E-state index is -0.978. The van der Waals surface area contributed by atoms with Gasteiger partial charge in [-0.1, -0.05) is 134 Å². The molecule has 9 aromatic rings. The predicted molar refractivity (Wildman–Crippen MR) is 219 cm³/mol. The number of fused-ring (bicyclic) bond motifs is 3. The van der Waals surface area contributed by atoms with E-state index in [1.165, 1.54) is 0 Å². The fourth-order valence-electron chi connectivity index (χ4n) is 7.66. The number of aromatic nitrogens is 6. The van der Waals surface area contributed by atoms with Gasteiger partial charge in [0.25, 0.3) is 0 Å². The minimum absolute atomic E-state index is 0.0998. The second kappa shape index (κ2) is 14.5. The average Bonchev–Trinajstić information content (AvgIpc) is 3.71. The third kappa shape index (κ3) is 5.90. The van der Waals surface area contributed by atoms with E-state index in [1.807, 2.05) is 120 Å². The summed E-state index contributed by atoms with van der Waals surface area (Å²) >= 11 is 0. The molecule has 9 rings (SSSR count). The molecule has 56 heavy (non-hydrogen) atoms.